The molecule has 3 aliphatic carbocycles. The molecule has 106 heavy (non-hydrogen) atoms. The quantitative estimate of drug-likeness (QED) is 0.118. The van der Waals surface area contributed by atoms with E-state index in [1.807, 2.05) is 34.6 Å². The number of nitrogens with one attached hydrogen (secondary N) is 3. The van der Waals surface area contributed by atoms with Gasteiger partial charge >= 0.3 is 6.18 Å². The molecule has 13 atom stereocenters. The summed E-state index contributed by atoms with van der Waals surface area (Å²) in [5, 5.41) is 8.23. The first-order valence-electron chi connectivity index (χ1n) is 38.9. The summed E-state index contributed by atoms with van der Waals surface area (Å²) in [7, 11) is 8.45. The first kappa shape index (κ1) is 86.9. The first-order chi connectivity index (χ1) is 49.9. The molecule has 3 N–H and O–H groups in total. The summed E-state index contributed by atoms with van der Waals surface area (Å²) >= 11 is 13.3. The zero-order valence-corrected chi connectivity index (χ0v) is 66.6. The molecule has 0 aromatic rings. The van der Waals surface area contributed by atoms with Gasteiger partial charge < -0.3 is 64.8 Å². The van der Waals surface area contributed by atoms with Crippen molar-refractivity contribution in [2.24, 2.45) is 35.0 Å². The Bertz CT molecular complexity index is 3160. The highest BCUT2D eigenvalue weighted by atomic mass is 35.5. The number of carbonyl (C=O) groups excluding carboxylic acids is 12. The maximum atomic E-state index is 15.8. The van der Waals surface area contributed by atoms with Crippen LogP contribution in [0.25, 0.3) is 0 Å². The van der Waals surface area contributed by atoms with Gasteiger partial charge in [-0.1, -0.05) is 79.9 Å². The van der Waals surface area contributed by atoms with Crippen molar-refractivity contribution in [3.8, 4) is 0 Å². The Hall–Kier alpha value is -6.29. The van der Waals surface area contributed by atoms with Crippen LogP contribution in [0.2, 0.25) is 0 Å². The molecular formula is C76H121Cl2F3N12O13. The van der Waals surface area contributed by atoms with Crippen molar-refractivity contribution < 1.29 is 75.4 Å². The van der Waals surface area contributed by atoms with Gasteiger partial charge in [-0.05, 0) is 145 Å². The number of ether oxygens (including phenoxy) is 1. The third-order valence-corrected chi connectivity index (χ3v) is 25.2. The average molecular weight is 1540 g/mol. The minimum atomic E-state index is -4.44. The van der Waals surface area contributed by atoms with Crippen molar-refractivity contribution in [2.75, 3.05) is 88.2 Å². The van der Waals surface area contributed by atoms with Crippen LogP contribution in [0, 0.1) is 35.0 Å². The van der Waals surface area contributed by atoms with Gasteiger partial charge in [0.1, 0.15) is 53.9 Å². The van der Waals surface area contributed by atoms with E-state index in [-0.39, 0.29) is 113 Å². The van der Waals surface area contributed by atoms with Gasteiger partial charge in [0.2, 0.25) is 70.9 Å². The molecule has 0 aromatic heterocycles. The van der Waals surface area contributed by atoms with Crippen LogP contribution in [0.1, 0.15) is 197 Å². The van der Waals surface area contributed by atoms with E-state index >= 15 is 28.8 Å². The molecule has 3 unspecified atom stereocenters. The fourth-order valence-electron chi connectivity index (χ4n) is 17.5. The lowest BCUT2D eigenvalue weighted by molar-refractivity contribution is -0.184. The number of rotatable bonds is 14. The van der Waals surface area contributed by atoms with Gasteiger partial charge in [0.05, 0.1) is 36.9 Å². The summed E-state index contributed by atoms with van der Waals surface area (Å²) in [6.07, 6.45) is 2.72. The summed E-state index contributed by atoms with van der Waals surface area (Å²) < 4.78 is 48.6. The van der Waals surface area contributed by atoms with Crippen molar-refractivity contribution in [3.63, 3.8) is 0 Å². The van der Waals surface area contributed by atoms with Crippen molar-refractivity contribution in [2.45, 2.75) is 274 Å². The van der Waals surface area contributed by atoms with Crippen LogP contribution in [0.3, 0.4) is 0 Å². The minimum Gasteiger partial charge on any atom is -0.377 e. The number of amides is 12. The second-order valence-corrected chi connectivity index (χ2v) is 33.3. The molecule has 598 valence electrons. The molecule has 0 radical (unpaired) electrons. The molecule has 1 spiro atoms. The van der Waals surface area contributed by atoms with Crippen LogP contribution in [-0.2, 0) is 62.3 Å². The summed E-state index contributed by atoms with van der Waals surface area (Å²) in [6, 6.07) is -10.3. The van der Waals surface area contributed by atoms with Gasteiger partial charge in [0, 0.05) is 86.9 Å². The Labute approximate surface area is 635 Å². The van der Waals surface area contributed by atoms with Gasteiger partial charge in [0.25, 0.3) is 0 Å². The lowest BCUT2D eigenvalue weighted by Gasteiger charge is -2.54. The molecular weight excluding hydrogens is 1420 g/mol. The predicted molar refractivity (Wildman–Crippen MR) is 395 cm³/mol. The van der Waals surface area contributed by atoms with Gasteiger partial charge in [-0.15, -0.1) is 23.2 Å². The highest BCUT2D eigenvalue weighted by Crippen LogP contribution is 2.50. The molecule has 12 amide bonds. The molecule has 7 rings (SSSR count). The Kier molecular flexibility index (Phi) is 31.1. The van der Waals surface area contributed by atoms with Crippen LogP contribution >= 0.6 is 23.2 Å². The Morgan fingerprint density at radius 1 is 0.642 bits per heavy atom. The van der Waals surface area contributed by atoms with E-state index in [2.05, 4.69) is 16.0 Å². The van der Waals surface area contributed by atoms with Gasteiger partial charge in [-0.2, -0.15) is 13.2 Å². The van der Waals surface area contributed by atoms with Gasteiger partial charge in [-0.25, -0.2) is 0 Å². The maximum Gasteiger partial charge on any atom is 0.391 e. The summed E-state index contributed by atoms with van der Waals surface area (Å²) in [4.78, 5) is 194. The first-order valence-corrected chi connectivity index (χ1v) is 39.7. The van der Waals surface area contributed by atoms with Crippen LogP contribution in [0.5, 0.6) is 0 Å². The Morgan fingerprint density at radius 2 is 1.27 bits per heavy atom. The summed E-state index contributed by atoms with van der Waals surface area (Å²) in [6.45, 7) is 14.2. The van der Waals surface area contributed by atoms with Crippen molar-refractivity contribution in [1.29, 1.82) is 0 Å². The topological polar surface area (TPSA) is 279 Å². The van der Waals surface area contributed by atoms with E-state index in [4.69, 9.17) is 27.9 Å². The van der Waals surface area contributed by atoms with Crippen LogP contribution < -0.4 is 16.0 Å². The van der Waals surface area contributed by atoms with Crippen molar-refractivity contribution >= 4 is 94.1 Å². The summed E-state index contributed by atoms with van der Waals surface area (Å²) in [5.74, 6) is -11.1. The smallest absolute Gasteiger partial charge is 0.377 e. The van der Waals surface area contributed by atoms with Gasteiger partial charge in [0.15, 0.2) is 0 Å². The Morgan fingerprint density at radius 3 is 1.86 bits per heavy atom. The lowest BCUT2D eigenvalue weighted by atomic mass is 9.58. The Balaban J connectivity index is 1.33. The molecule has 7 aliphatic rings. The number of fused-ring (bicyclic) bond motifs is 3. The van der Waals surface area contributed by atoms with Crippen molar-refractivity contribution in [1.82, 2.24) is 60.0 Å². The molecule has 3 saturated carbocycles. The van der Waals surface area contributed by atoms with E-state index < -0.39 is 186 Å². The fraction of sp³-hybridized carbons (Fsp3) is 0.816. The van der Waals surface area contributed by atoms with E-state index in [1.54, 1.807) is 37.8 Å². The SMILES string of the molecule is CCO[C@@H]1C[C@H]2C(=O)NC3(CC(C)(C)C3)C(=O)N(C)[C@@H](C(CC)CC)C(=O)N(C)[C@H](C(=O)N3CCCC3)CC(=O)N(C)[C@@H](CC)C(=O)N[C@@H]([C@@H](C)CC)C(=O)N(C)CC(=O)N(C)[C@H]3C/C=C\CCN(C3=O)[C@@H](CC3CCC(C(F)(F)F)CC3)C(=O)N(C)CC(=O)N[C@@H](CCC3CCC(Cl)C(Cl)C3)C(=O)N2C1. The number of hydrogen-bond acceptors (Lipinski definition) is 13. The third-order valence-electron chi connectivity index (χ3n) is 24.1. The van der Waals surface area contributed by atoms with Crippen LogP contribution in [-0.4, -0.2) is 280 Å². The second-order valence-electron chi connectivity index (χ2n) is 32.2. The zero-order valence-electron chi connectivity index (χ0n) is 65.1. The van der Waals surface area contributed by atoms with Crippen molar-refractivity contribution in [3.05, 3.63) is 12.2 Å². The molecule has 6 fully saturated rings. The second kappa shape index (κ2) is 37.9. The highest BCUT2D eigenvalue weighted by molar-refractivity contribution is 6.30. The molecule has 25 nitrogen and oxygen atoms in total. The molecule has 4 heterocycles. The average Bonchev–Trinajstić information content (AvgIpc) is 1.73. The number of likely N-dealkylation sites (tertiary alicyclic amines) is 1. The number of hydrogen-bond donors (Lipinski definition) is 3. The third kappa shape index (κ3) is 21.0. The van der Waals surface area contributed by atoms with Crippen LogP contribution in [0.4, 0.5) is 13.2 Å². The molecule has 2 bridgehead atoms. The van der Waals surface area contributed by atoms with E-state index in [9.17, 15) is 41.9 Å². The fourth-order valence-corrected chi connectivity index (χ4v) is 18.1. The predicted octanol–water partition coefficient (Wildman–Crippen LogP) is 6.88. The monoisotopic (exact) mass is 1540 g/mol. The number of halogens is 5. The van der Waals surface area contributed by atoms with E-state index in [1.165, 1.54) is 71.7 Å². The van der Waals surface area contributed by atoms with E-state index in [0.29, 0.717) is 70.9 Å². The zero-order chi connectivity index (χ0) is 78.6. The molecule has 4 aliphatic heterocycles. The van der Waals surface area contributed by atoms with E-state index in [0.717, 1.165) is 9.80 Å². The summed E-state index contributed by atoms with van der Waals surface area (Å²) in [5.41, 5.74) is -2.15. The molecule has 30 heteroatoms. The number of carbonyl (C=O) groups is 12. The van der Waals surface area contributed by atoms with Gasteiger partial charge in [-0.3, -0.25) is 57.5 Å². The number of alkyl halides is 5. The largest absolute Gasteiger partial charge is 0.391 e. The number of likely N-dealkylation sites (N-methyl/N-ethyl adjacent to an activating group) is 6. The molecule has 0 aromatic carbocycles. The number of nitrogens with zero attached hydrogens (tertiary/aromatic N) is 9. The highest BCUT2D eigenvalue weighted by Gasteiger charge is 2.59. The maximum absolute atomic E-state index is 15.8. The standard InChI is InChI=1S/C76H121Cl2F3N12O13/c1-15-46(6)63-71(103)86(10)43-62(96)88(12)56-25-21-20-22-36-92(70(56)102)59(38-48-26-30-50(31-27-48)76(79,80)81)68(100)85(9)42-60(94)82-54(33-29-47-28-32-52(77)53(78)37-47)67(99)93-41-51(106-19-5)39-57(93)66(98)84-75(44-74(7,8)45-75)73(105)90(14)64(49(16-2)17-3)72(104)89(13)58(69(101)91-34-23-24-35-91)40-61(95)87(11)55(18-4)65(97)83-63/h20-21,46-59,63-64H,15-19,22-45H2,1-14H3,(H,82,94)(H,83,97)(H,84,98)/b21-20-/t46-,47?,48?,50?,51+,52?,53?,54-,55-,56-,57-,58-,59-,63-,64-/m0/s1. The lowest BCUT2D eigenvalue weighted by Crippen LogP contribution is -2.71. The molecule has 3 saturated heterocycles. The normalized spacial score (nSPS) is 31.8. The minimum absolute atomic E-state index is 0.00543. The van der Waals surface area contributed by atoms with Crippen LogP contribution in [0.15, 0.2) is 12.2 Å².